The van der Waals surface area contributed by atoms with Crippen LogP contribution in [-0.2, 0) is 14.3 Å². The van der Waals surface area contributed by atoms with Gasteiger partial charge in [0.1, 0.15) is 11.1 Å². The second-order valence-corrected chi connectivity index (χ2v) is 7.06. The summed E-state index contributed by atoms with van der Waals surface area (Å²) in [5.74, 6) is -0.356. The smallest absolute Gasteiger partial charge is 0.410 e. The first-order valence-electron chi connectivity index (χ1n) is 7.64. The van der Waals surface area contributed by atoms with Crippen molar-refractivity contribution >= 4 is 12.1 Å². The van der Waals surface area contributed by atoms with Crippen LogP contribution in [0.4, 0.5) is 4.79 Å². The molecule has 0 radical (unpaired) electrons. The molecule has 6 nitrogen and oxygen atoms in total. The predicted octanol–water partition coefficient (Wildman–Crippen LogP) is 1.81. The maximum Gasteiger partial charge on any atom is 0.410 e. The molecule has 1 amide bonds. The van der Waals surface area contributed by atoms with E-state index in [1.54, 1.807) is 11.8 Å². The van der Waals surface area contributed by atoms with E-state index in [-0.39, 0.29) is 24.1 Å². The van der Waals surface area contributed by atoms with Crippen LogP contribution in [0.5, 0.6) is 0 Å². The van der Waals surface area contributed by atoms with Gasteiger partial charge in [0.2, 0.25) is 0 Å². The summed E-state index contributed by atoms with van der Waals surface area (Å²) in [5, 5.41) is 0. The molecule has 2 atom stereocenters. The van der Waals surface area contributed by atoms with Crippen LogP contribution >= 0.6 is 0 Å². The van der Waals surface area contributed by atoms with Gasteiger partial charge < -0.3 is 20.1 Å². The van der Waals surface area contributed by atoms with Crippen molar-refractivity contribution in [3.05, 3.63) is 0 Å². The Hall–Kier alpha value is -1.30. The molecule has 0 saturated carbocycles. The average Bonchev–Trinajstić information content (AvgIpc) is 2.61. The Morgan fingerprint density at radius 2 is 1.76 bits per heavy atom. The van der Waals surface area contributed by atoms with Crippen LogP contribution in [0.15, 0.2) is 0 Å². The van der Waals surface area contributed by atoms with E-state index in [0.717, 1.165) is 12.8 Å². The normalized spacial score (nSPS) is 32.0. The van der Waals surface area contributed by atoms with Gasteiger partial charge in [0, 0.05) is 12.1 Å². The Balaban J connectivity index is 2.09. The zero-order valence-electron chi connectivity index (χ0n) is 13.3. The van der Waals surface area contributed by atoms with E-state index < -0.39 is 11.1 Å². The van der Waals surface area contributed by atoms with Crippen molar-refractivity contribution in [1.82, 2.24) is 4.90 Å². The molecule has 2 saturated heterocycles. The minimum Gasteiger partial charge on any atom is -0.465 e. The van der Waals surface area contributed by atoms with Gasteiger partial charge in [-0.2, -0.15) is 0 Å². The Labute approximate surface area is 125 Å². The maximum absolute atomic E-state index is 12.3. The van der Waals surface area contributed by atoms with Crippen molar-refractivity contribution in [2.75, 3.05) is 6.61 Å². The molecule has 0 spiro atoms. The molecule has 2 fully saturated rings. The Morgan fingerprint density at radius 1 is 1.24 bits per heavy atom. The standard InChI is InChI=1S/C15H26N2O4/c1-5-20-12(18)15(16)8-10-6-7-11(9-15)17(10)13(19)21-14(2,3)4/h10-11H,5-9,16H2,1-4H3. The SMILES string of the molecule is CCOC(=O)C1(N)CC2CCC(C1)N2C(=O)OC(C)(C)C. The van der Waals surface area contributed by atoms with E-state index >= 15 is 0 Å². The minimum absolute atomic E-state index is 0.0343. The maximum atomic E-state index is 12.3. The summed E-state index contributed by atoms with van der Waals surface area (Å²) in [4.78, 5) is 26.2. The number of ether oxygens (including phenoxy) is 2. The van der Waals surface area contributed by atoms with Crippen molar-refractivity contribution in [2.24, 2.45) is 5.73 Å². The Kier molecular flexibility index (Phi) is 4.19. The molecule has 2 rings (SSSR count). The lowest BCUT2D eigenvalue weighted by atomic mass is 9.84. The second-order valence-electron chi connectivity index (χ2n) is 7.06. The molecule has 0 aromatic carbocycles. The van der Waals surface area contributed by atoms with Crippen molar-refractivity contribution in [1.29, 1.82) is 0 Å². The molecular weight excluding hydrogens is 272 g/mol. The second kappa shape index (κ2) is 5.48. The first-order chi connectivity index (χ1) is 9.66. The zero-order chi connectivity index (χ0) is 15.8. The highest BCUT2D eigenvalue weighted by atomic mass is 16.6. The van der Waals surface area contributed by atoms with Crippen LogP contribution in [-0.4, -0.2) is 46.8 Å². The molecular formula is C15H26N2O4. The van der Waals surface area contributed by atoms with Crippen LogP contribution in [0.2, 0.25) is 0 Å². The quantitative estimate of drug-likeness (QED) is 0.786. The number of nitrogens with two attached hydrogens (primary N) is 1. The third-order valence-corrected chi connectivity index (χ3v) is 4.11. The third-order valence-electron chi connectivity index (χ3n) is 4.11. The van der Waals surface area contributed by atoms with Gasteiger partial charge in [-0.25, -0.2) is 4.79 Å². The van der Waals surface area contributed by atoms with Gasteiger partial charge in [-0.15, -0.1) is 0 Å². The number of piperidine rings is 1. The number of hydrogen-bond acceptors (Lipinski definition) is 5. The van der Waals surface area contributed by atoms with E-state index in [1.165, 1.54) is 0 Å². The van der Waals surface area contributed by atoms with Crippen molar-refractivity contribution in [3.8, 4) is 0 Å². The number of carbonyl (C=O) groups excluding carboxylic acids is 2. The third kappa shape index (κ3) is 3.31. The number of rotatable bonds is 2. The average molecular weight is 298 g/mol. The van der Waals surface area contributed by atoms with Crippen LogP contribution in [0.1, 0.15) is 53.4 Å². The van der Waals surface area contributed by atoms with Gasteiger partial charge in [0.25, 0.3) is 0 Å². The summed E-state index contributed by atoms with van der Waals surface area (Å²) in [6.07, 6.45) is 2.31. The predicted molar refractivity (Wildman–Crippen MR) is 77.7 cm³/mol. The van der Waals surface area contributed by atoms with Gasteiger partial charge in [0.15, 0.2) is 0 Å². The molecule has 0 aliphatic carbocycles. The molecule has 0 aromatic rings. The Bertz CT molecular complexity index is 416. The lowest BCUT2D eigenvalue weighted by Crippen LogP contribution is -2.61. The highest BCUT2D eigenvalue weighted by molar-refractivity contribution is 5.81. The lowest BCUT2D eigenvalue weighted by molar-refractivity contribution is -0.152. The van der Waals surface area contributed by atoms with E-state index in [1.807, 2.05) is 20.8 Å². The summed E-state index contributed by atoms with van der Waals surface area (Å²) >= 11 is 0. The van der Waals surface area contributed by atoms with Crippen LogP contribution in [0.25, 0.3) is 0 Å². The van der Waals surface area contributed by atoms with Gasteiger partial charge >= 0.3 is 12.1 Å². The zero-order valence-corrected chi connectivity index (χ0v) is 13.3. The molecule has 2 unspecified atom stereocenters. The molecule has 120 valence electrons. The van der Waals surface area contributed by atoms with Gasteiger partial charge in [-0.1, -0.05) is 0 Å². The largest absolute Gasteiger partial charge is 0.465 e. The van der Waals surface area contributed by atoms with E-state index in [2.05, 4.69) is 0 Å². The highest BCUT2D eigenvalue weighted by Gasteiger charge is 2.53. The minimum atomic E-state index is -0.972. The summed E-state index contributed by atoms with van der Waals surface area (Å²) in [7, 11) is 0. The van der Waals surface area contributed by atoms with Crippen molar-refractivity contribution in [3.63, 3.8) is 0 Å². The summed E-state index contributed by atoms with van der Waals surface area (Å²) in [6, 6.07) is -0.0685. The molecule has 6 heteroatoms. The monoisotopic (exact) mass is 298 g/mol. The van der Waals surface area contributed by atoms with Crippen molar-refractivity contribution < 1.29 is 19.1 Å². The summed E-state index contributed by atoms with van der Waals surface area (Å²) in [6.45, 7) is 7.64. The van der Waals surface area contributed by atoms with E-state index in [9.17, 15) is 9.59 Å². The summed E-state index contributed by atoms with van der Waals surface area (Å²) < 4.78 is 10.6. The van der Waals surface area contributed by atoms with Gasteiger partial charge in [-0.3, -0.25) is 4.79 Å². The molecule has 2 N–H and O–H groups in total. The number of fused-ring (bicyclic) bond motifs is 2. The molecule has 21 heavy (non-hydrogen) atoms. The molecule has 2 heterocycles. The number of amides is 1. The fourth-order valence-corrected chi connectivity index (χ4v) is 3.34. The van der Waals surface area contributed by atoms with Crippen LogP contribution in [0.3, 0.4) is 0 Å². The topological polar surface area (TPSA) is 81.9 Å². The fourth-order valence-electron chi connectivity index (χ4n) is 3.34. The fraction of sp³-hybridized carbons (Fsp3) is 0.867. The van der Waals surface area contributed by atoms with Crippen LogP contribution in [0, 0.1) is 0 Å². The number of carbonyl (C=O) groups is 2. The number of hydrogen-bond donors (Lipinski definition) is 1. The summed E-state index contributed by atoms with van der Waals surface area (Å²) in [5.41, 5.74) is 4.75. The van der Waals surface area contributed by atoms with Crippen LogP contribution < -0.4 is 5.73 Å². The first-order valence-corrected chi connectivity index (χ1v) is 7.64. The molecule has 2 aliphatic rings. The van der Waals surface area contributed by atoms with Crippen molar-refractivity contribution in [2.45, 2.75) is 76.6 Å². The van der Waals surface area contributed by atoms with Gasteiger partial charge in [-0.05, 0) is 53.4 Å². The number of nitrogens with zero attached hydrogens (tertiary/aromatic N) is 1. The lowest BCUT2D eigenvalue weighted by Gasteiger charge is -2.43. The molecule has 2 aliphatic heterocycles. The van der Waals surface area contributed by atoms with E-state index in [4.69, 9.17) is 15.2 Å². The van der Waals surface area contributed by atoms with E-state index in [0.29, 0.717) is 19.4 Å². The molecule has 0 aromatic heterocycles. The first kappa shape index (κ1) is 16.1. The van der Waals surface area contributed by atoms with Gasteiger partial charge in [0.05, 0.1) is 6.61 Å². The number of esters is 1. The highest BCUT2D eigenvalue weighted by Crippen LogP contribution is 2.41. The molecule has 2 bridgehead atoms. The Morgan fingerprint density at radius 3 is 2.19 bits per heavy atom.